The van der Waals surface area contributed by atoms with Crippen molar-refractivity contribution in [2.24, 2.45) is 10.2 Å². The first kappa shape index (κ1) is 13.5. The van der Waals surface area contributed by atoms with Gasteiger partial charge in [-0.05, 0) is 25.5 Å². The van der Waals surface area contributed by atoms with Crippen molar-refractivity contribution in [1.82, 2.24) is 5.01 Å². The third kappa shape index (κ3) is 2.22. The molecule has 0 N–H and O–H groups in total. The third-order valence-electron chi connectivity index (χ3n) is 3.79. The molecule has 1 aromatic rings. The maximum absolute atomic E-state index is 12.1. The van der Waals surface area contributed by atoms with E-state index in [9.17, 15) is 9.59 Å². The molecule has 2 aliphatic rings. The first-order valence-electron chi connectivity index (χ1n) is 6.88. The molecule has 108 valence electrons. The summed E-state index contributed by atoms with van der Waals surface area (Å²) in [6.45, 7) is 3.95. The van der Waals surface area contributed by atoms with Crippen molar-refractivity contribution in [3.63, 3.8) is 0 Å². The van der Waals surface area contributed by atoms with Crippen molar-refractivity contribution in [2.75, 3.05) is 11.6 Å². The smallest absolute Gasteiger partial charge is 0.282 e. The Bertz CT molecular complexity index is 651. The highest BCUT2D eigenvalue weighted by Crippen LogP contribution is 2.33. The van der Waals surface area contributed by atoms with Crippen LogP contribution < -0.4 is 5.01 Å². The van der Waals surface area contributed by atoms with Gasteiger partial charge in [0, 0.05) is 13.5 Å². The van der Waals surface area contributed by atoms with E-state index in [-0.39, 0.29) is 17.9 Å². The van der Waals surface area contributed by atoms with E-state index in [0.717, 1.165) is 5.69 Å². The van der Waals surface area contributed by atoms with E-state index in [1.165, 1.54) is 6.92 Å². The Morgan fingerprint density at radius 2 is 1.95 bits per heavy atom. The van der Waals surface area contributed by atoms with Gasteiger partial charge in [-0.1, -0.05) is 18.2 Å². The zero-order valence-electron chi connectivity index (χ0n) is 12.0. The van der Waals surface area contributed by atoms with Crippen LogP contribution in [-0.2, 0) is 9.59 Å². The van der Waals surface area contributed by atoms with Gasteiger partial charge in [0.25, 0.3) is 5.91 Å². The number of amides is 2. The molecule has 0 bridgehead atoms. The predicted molar refractivity (Wildman–Crippen MR) is 77.3 cm³/mol. The zero-order chi connectivity index (χ0) is 15.0. The van der Waals surface area contributed by atoms with Gasteiger partial charge in [0.05, 0.1) is 23.0 Å². The highest BCUT2D eigenvalue weighted by atomic mass is 16.2. The number of hydrogen-bond acceptors (Lipinski definition) is 4. The molecule has 1 atom stereocenters. The maximum Gasteiger partial charge on any atom is 0.295 e. The number of carbonyl (C=O) groups excluding carboxylic acids is 2. The fourth-order valence-corrected chi connectivity index (χ4v) is 2.92. The lowest BCUT2D eigenvalue weighted by Gasteiger charge is -2.33. The van der Waals surface area contributed by atoms with Gasteiger partial charge in [-0.2, -0.15) is 5.11 Å². The average Bonchev–Trinajstić information content (AvgIpc) is 3.03. The minimum atomic E-state index is -0.335. The van der Waals surface area contributed by atoms with E-state index in [1.807, 2.05) is 35.3 Å². The van der Waals surface area contributed by atoms with Crippen molar-refractivity contribution in [3.8, 4) is 0 Å². The number of allylic oxidation sites excluding steroid dienone is 1. The van der Waals surface area contributed by atoms with Crippen LogP contribution in [0, 0.1) is 0 Å². The summed E-state index contributed by atoms with van der Waals surface area (Å²) in [5, 5.41) is 11.0. The molecule has 2 heterocycles. The second-order valence-corrected chi connectivity index (χ2v) is 5.13. The lowest BCUT2D eigenvalue weighted by Crippen LogP contribution is -2.46. The largest absolute Gasteiger partial charge is 0.295 e. The molecule has 0 aliphatic carbocycles. The number of anilines is 1. The van der Waals surface area contributed by atoms with Gasteiger partial charge < -0.3 is 0 Å². The Hall–Kier alpha value is -2.50. The van der Waals surface area contributed by atoms with Crippen LogP contribution >= 0.6 is 0 Å². The minimum Gasteiger partial charge on any atom is -0.282 e. The summed E-state index contributed by atoms with van der Waals surface area (Å²) in [6, 6.07) is 9.40. The summed E-state index contributed by atoms with van der Waals surface area (Å²) in [5.41, 5.74) is 2.07. The summed E-state index contributed by atoms with van der Waals surface area (Å²) in [5.74, 6) is -0.431. The topological polar surface area (TPSA) is 65.3 Å². The fraction of sp³-hybridized carbons (Fsp3) is 0.333. The first-order valence-corrected chi connectivity index (χ1v) is 6.88. The molecule has 1 aromatic carbocycles. The molecule has 1 fully saturated rings. The molecule has 2 amide bonds. The second kappa shape index (κ2) is 5.12. The molecule has 2 aliphatic heterocycles. The second-order valence-electron chi connectivity index (χ2n) is 5.13. The Morgan fingerprint density at radius 1 is 1.24 bits per heavy atom. The van der Waals surface area contributed by atoms with E-state index in [0.29, 0.717) is 24.2 Å². The molecule has 1 unspecified atom stereocenters. The standard InChI is InChI=1S/C15H16N4O2/c1-10-14(15(21)17-16-10)13-8-9-18(19(13)11(2)20)12-6-4-3-5-7-12/h3-7,13H,8-9H2,1-2H3. The van der Waals surface area contributed by atoms with Crippen LogP contribution in [0.3, 0.4) is 0 Å². The van der Waals surface area contributed by atoms with Crippen LogP contribution in [-0.4, -0.2) is 29.4 Å². The lowest BCUT2D eigenvalue weighted by atomic mass is 10.0. The molecule has 3 rings (SSSR count). The van der Waals surface area contributed by atoms with Gasteiger partial charge in [-0.25, -0.2) is 5.01 Å². The Balaban J connectivity index is 1.96. The number of carbonyl (C=O) groups is 2. The van der Waals surface area contributed by atoms with Crippen LogP contribution in [0.15, 0.2) is 51.8 Å². The van der Waals surface area contributed by atoms with Crippen LogP contribution in [0.4, 0.5) is 5.69 Å². The number of hydrogen-bond donors (Lipinski definition) is 0. The molecule has 6 heteroatoms. The summed E-state index contributed by atoms with van der Waals surface area (Å²) < 4.78 is 0. The third-order valence-corrected chi connectivity index (χ3v) is 3.79. The van der Waals surface area contributed by atoms with Gasteiger partial charge in [-0.15, -0.1) is 5.11 Å². The van der Waals surface area contributed by atoms with Gasteiger partial charge in [0.1, 0.15) is 0 Å². The van der Waals surface area contributed by atoms with Gasteiger partial charge >= 0.3 is 0 Å². The number of nitrogens with zero attached hydrogens (tertiary/aromatic N) is 4. The van der Waals surface area contributed by atoms with Crippen molar-refractivity contribution < 1.29 is 9.59 Å². The molecular formula is C15H16N4O2. The SMILES string of the molecule is CC(=O)N1C(C2=C(C)N=NC2=O)CCN1c1ccccc1. The Labute approximate surface area is 122 Å². The first-order chi connectivity index (χ1) is 10.1. The number of hydrazine groups is 1. The molecule has 21 heavy (non-hydrogen) atoms. The minimum absolute atomic E-state index is 0.0960. The maximum atomic E-state index is 12.1. The highest BCUT2D eigenvalue weighted by molar-refractivity contribution is 5.98. The van der Waals surface area contributed by atoms with Crippen molar-refractivity contribution in [3.05, 3.63) is 41.6 Å². The van der Waals surface area contributed by atoms with Crippen LogP contribution in [0.25, 0.3) is 0 Å². The molecule has 0 saturated carbocycles. The predicted octanol–water partition coefficient (Wildman–Crippen LogP) is 2.30. The summed E-state index contributed by atoms with van der Waals surface area (Å²) in [4.78, 5) is 24.0. The van der Waals surface area contributed by atoms with E-state index in [4.69, 9.17) is 0 Å². The van der Waals surface area contributed by atoms with Gasteiger partial charge in [-0.3, -0.25) is 14.6 Å². The zero-order valence-corrected chi connectivity index (χ0v) is 12.0. The fourth-order valence-electron chi connectivity index (χ4n) is 2.92. The summed E-state index contributed by atoms with van der Waals surface area (Å²) in [6.07, 6.45) is 0.692. The Kier molecular flexibility index (Phi) is 3.29. The van der Waals surface area contributed by atoms with E-state index < -0.39 is 0 Å². The van der Waals surface area contributed by atoms with E-state index >= 15 is 0 Å². The highest BCUT2D eigenvalue weighted by Gasteiger charge is 2.40. The average molecular weight is 284 g/mol. The van der Waals surface area contributed by atoms with Crippen LogP contribution in [0.2, 0.25) is 0 Å². The molecule has 0 radical (unpaired) electrons. The quantitative estimate of drug-likeness (QED) is 0.837. The van der Waals surface area contributed by atoms with Crippen molar-refractivity contribution >= 4 is 17.5 Å². The van der Waals surface area contributed by atoms with E-state index in [2.05, 4.69) is 10.2 Å². The van der Waals surface area contributed by atoms with Gasteiger partial charge in [0.15, 0.2) is 0 Å². The van der Waals surface area contributed by atoms with Crippen LogP contribution in [0.1, 0.15) is 20.3 Å². The van der Waals surface area contributed by atoms with Crippen molar-refractivity contribution in [2.45, 2.75) is 26.3 Å². The van der Waals surface area contributed by atoms with Gasteiger partial charge in [0.2, 0.25) is 5.91 Å². The van der Waals surface area contributed by atoms with Crippen molar-refractivity contribution in [1.29, 1.82) is 0 Å². The molecule has 6 nitrogen and oxygen atoms in total. The molecule has 0 aromatic heterocycles. The number of para-hydroxylation sites is 1. The van der Waals surface area contributed by atoms with Crippen LogP contribution in [0.5, 0.6) is 0 Å². The van der Waals surface area contributed by atoms with E-state index in [1.54, 1.807) is 11.9 Å². The Morgan fingerprint density at radius 3 is 2.52 bits per heavy atom. The number of benzene rings is 1. The number of azo groups is 1. The number of rotatable bonds is 2. The summed E-state index contributed by atoms with van der Waals surface area (Å²) >= 11 is 0. The molecule has 1 saturated heterocycles. The normalized spacial score (nSPS) is 21.6. The molecule has 0 spiro atoms. The molecular weight excluding hydrogens is 268 g/mol. The summed E-state index contributed by atoms with van der Waals surface area (Å²) in [7, 11) is 0. The lowest BCUT2D eigenvalue weighted by molar-refractivity contribution is -0.129. The monoisotopic (exact) mass is 284 g/mol.